The van der Waals surface area contributed by atoms with Crippen LogP contribution in [-0.4, -0.2) is 23.9 Å². The Kier molecular flexibility index (Phi) is 3.91. The Morgan fingerprint density at radius 1 is 1.19 bits per heavy atom. The highest BCUT2D eigenvalue weighted by Crippen LogP contribution is 2.27. The summed E-state index contributed by atoms with van der Waals surface area (Å²) in [5, 5.41) is 5.46. The Hall–Kier alpha value is -1.52. The number of nitrogens with one attached hydrogen (secondary N) is 1. The number of hydrogen-bond donors (Lipinski definition) is 1. The number of halogens is 1. The van der Waals surface area contributed by atoms with Crippen molar-refractivity contribution in [3.63, 3.8) is 0 Å². The standard InChI is InChI=1S/C16H16N2OS.ClH/c19-16(12-1-2-14-11(9-12)3-6-17-14)18-7-4-15-13(10-18)5-8-20-15;/h1-2,5,8-9,17H,3-4,6-7,10H2;1H. The Balaban J connectivity index is 0.00000132. The Morgan fingerprint density at radius 3 is 3.00 bits per heavy atom. The summed E-state index contributed by atoms with van der Waals surface area (Å²) in [5.41, 5.74) is 4.59. The second-order valence-electron chi connectivity index (χ2n) is 5.39. The van der Waals surface area contributed by atoms with E-state index in [9.17, 15) is 4.79 Å². The first kappa shape index (κ1) is 14.4. The van der Waals surface area contributed by atoms with Crippen LogP contribution in [0.5, 0.6) is 0 Å². The maximum absolute atomic E-state index is 12.6. The third-order valence-electron chi connectivity index (χ3n) is 4.16. The molecule has 0 saturated carbocycles. The second kappa shape index (κ2) is 5.70. The van der Waals surface area contributed by atoms with E-state index in [-0.39, 0.29) is 18.3 Å². The van der Waals surface area contributed by atoms with Crippen LogP contribution in [0, 0.1) is 0 Å². The molecule has 0 unspecified atom stereocenters. The monoisotopic (exact) mass is 320 g/mol. The molecule has 4 rings (SSSR count). The number of rotatable bonds is 1. The average molecular weight is 321 g/mol. The predicted molar refractivity (Wildman–Crippen MR) is 88.6 cm³/mol. The Labute approximate surface area is 134 Å². The molecule has 0 aliphatic carbocycles. The number of carbonyl (C=O) groups excluding carboxylic acids is 1. The number of anilines is 1. The molecule has 5 heteroatoms. The van der Waals surface area contributed by atoms with Crippen LogP contribution in [-0.2, 0) is 19.4 Å². The zero-order valence-electron chi connectivity index (χ0n) is 11.6. The highest BCUT2D eigenvalue weighted by molar-refractivity contribution is 7.10. The van der Waals surface area contributed by atoms with E-state index in [0.717, 1.165) is 38.0 Å². The minimum atomic E-state index is 0. The van der Waals surface area contributed by atoms with Gasteiger partial charge in [-0.15, -0.1) is 23.7 Å². The van der Waals surface area contributed by atoms with Crippen molar-refractivity contribution >= 4 is 35.3 Å². The molecule has 2 aliphatic heterocycles. The molecule has 0 saturated heterocycles. The Bertz CT molecular complexity index is 683. The van der Waals surface area contributed by atoms with E-state index in [0.29, 0.717) is 0 Å². The maximum atomic E-state index is 12.6. The van der Waals surface area contributed by atoms with E-state index in [4.69, 9.17) is 0 Å². The molecule has 1 aromatic carbocycles. The fraction of sp³-hybridized carbons (Fsp3) is 0.312. The van der Waals surface area contributed by atoms with E-state index >= 15 is 0 Å². The molecule has 0 atom stereocenters. The van der Waals surface area contributed by atoms with Crippen LogP contribution in [0.1, 0.15) is 26.4 Å². The molecule has 1 aromatic heterocycles. The smallest absolute Gasteiger partial charge is 0.254 e. The first-order valence-corrected chi connectivity index (χ1v) is 7.90. The quantitative estimate of drug-likeness (QED) is 0.874. The fourth-order valence-electron chi connectivity index (χ4n) is 3.04. The zero-order valence-corrected chi connectivity index (χ0v) is 13.2. The molecule has 1 N–H and O–H groups in total. The maximum Gasteiger partial charge on any atom is 0.254 e. The lowest BCUT2D eigenvalue weighted by Gasteiger charge is -2.27. The lowest BCUT2D eigenvalue weighted by Crippen LogP contribution is -2.35. The van der Waals surface area contributed by atoms with Gasteiger partial charge in [0.2, 0.25) is 0 Å². The van der Waals surface area contributed by atoms with Gasteiger partial charge in [0.15, 0.2) is 0 Å². The van der Waals surface area contributed by atoms with Gasteiger partial charge in [-0.25, -0.2) is 0 Å². The van der Waals surface area contributed by atoms with E-state index < -0.39 is 0 Å². The molecule has 0 bridgehead atoms. The largest absolute Gasteiger partial charge is 0.384 e. The predicted octanol–water partition coefficient (Wildman–Crippen LogP) is 3.34. The summed E-state index contributed by atoms with van der Waals surface area (Å²) >= 11 is 1.80. The van der Waals surface area contributed by atoms with Crippen molar-refractivity contribution in [2.75, 3.05) is 18.4 Å². The summed E-state index contributed by atoms with van der Waals surface area (Å²) in [7, 11) is 0. The average Bonchev–Trinajstić information content (AvgIpc) is 3.13. The molecular formula is C16H17ClN2OS. The molecular weight excluding hydrogens is 304 g/mol. The van der Waals surface area contributed by atoms with Gasteiger partial charge < -0.3 is 10.2 Å². The molecule has 0 spiro atoms. The van der Waals surface area contributed by atoms with Crippen LogP contribution in [0.25, 0.3) is 0 Å². The number of carbonyl (C=O) groups is 1. The van der Waals surface area contributed by atoms with Gasteiger partial charge in [-0.2, -0.15) is 0 Å². The van der Waals surface area contributed by atoms with Gasteiger partial charge in [-0.05, 0) is 53.6 Å². The molecule has 3 nitrogen and oxygen atoms in total. The van der Waals surface area contributed by atoms with Gasteiger partial charge in [-0.1, -0.05) is 0 Å². The van der Waals surface area contributed by atoms with Crippen molar-refractivity contribution < 1.29 is 4.79 Å². The van der Waals surface area contributed by atoms with Gasteiger partial charge in [0, 0.05) is 35.8 Å². The molecule has 21 heavy (non-hydrogen) atoms. The van der Waals surface area contributed by atoms with Gasteiger partial charge >= 0.3 is 0 Å². The van der Waals surface area contributed by atoms with Crippen LogP contribution in [0.3, 0.4) is 0 Å². The van der Waals surface area contributed by atoms with Gasteiger partial charge in [0.05, 0.1) is 0 Å². The lowest BCUT2D eigenvalue weighted by molar-refractivity contribution is 0.0736. The minimum Gasteiger partial charge on any atom is -0.384 e. The van der Waals surface area contributed by atoms with E-state index in [2.05, 4.69) is 22.8 Å². The molecule has 3 heterocycles. The number of fused-ring (bicyclic) bond motifs is 2. The van der Waals surface area contributed by atoms with Crippen molar-refractivity contribution in [1.82, 2.24) is 4.90 Å². The van der Waals surface area contributed by atoms with Crippen LogP contribution >= 0.6 is 23.7 Å². The fourth-order valence-corrected chi connectivity index (χ4v) is 3.93. The van der Waals surface area contributed by atoms with Crippen LogP contribution in [0.2, 0.25) is 0 Å². The van der Waals surface area contributed by atoms with E-state index in [1.54, 1.807) is 11.3 Å². The molecule has 2 aromatic rings. The van der Waals surface area contributed by atoms with Crippen molar-refractivity contribution in [2.45, 2.75) is 19.4 Å². The zero-order chi connectivity index (χ0) is 13.5. The SMILES string of the molecule is Cl.O=C(c1ccc2c(c1)CCN2)N1CCc2sccc2C1. The highest BCUT2D eigenvalue weighted by atomic mass is 35.5. The topological polar surface area (TPSA) is 32.3 Å². The summed E-state index contributed by atoms with van der Waals surface area (Å²) < 4.78 is 0. The van der Waals surface area contributed by atoms with E-state index in [1.807, 2.05) is 17.0 Å². The Morgan fingerprint density at radius 2 is 2.10 bits per heavy atom. The molecule has 2 aliphatic rings. The molecule has 110 valence electrons. The first-order valence-electron chi connectivity index (χ1n) is 7.02. The van der Waals surface area contributed by atoms with Gasteiger partial charge in [0.1, 0.15) is 0 Å². The molecule has 0 radical (unpaired) electrons. The normalized spacial score (nSPS) is 15.7. The number of thiophene rings is 1. The number of nitrogens with zero attached hydrogens (tertiary/aromatic N) is 1. The summed E-state index contributed by atoms with van der Waals surface area (Å²) in [6.45, 7) is 2.57. The van der Waals surface area contributed by atoms with Crippen molar-refractivity contribution in [3.05, 3.63) is 51.2 Å². The summed E-state index contributed by atoms with van der Waals surface area (Å²) in [5.74, 6) is 0.163. The van der Waals surface area contributed by atoms with Crippen LogP contribution < -0.4 is 5.32 Å². The van der Waals surface area contributed by atoms with Gasteiger partial charge in [0.25, 0.3) is 5.91 Å². The summed E-state index contributed by atoms with van der Waals surface area (Å²) in [6.07, 6.45) is 2.01. The third kappa shape index (κ3) is 2.54. The van der Waals surface area contributed by atoms with Crippen molar-refractivity contribution in [2.24, 2.45) is 0 Å². The minimum absolute atomic E-state index is 0. The number of amides is 1. The van der Waals surface area contributed by atoms with Crippen molar-refractivity contribution in [1.29, 1.82) is 0 Å². The van der Waals surface area contributed by atoms with Gasteiger partial charge in [-0.3, -0.25) is 4.79 Å². The summed E-state index contributed by atoms with van der Waals surface area (Å²) in [4.78, 5) is 16.0. The molecule has 1 amide bonds. The van der Waals surface area contributed by atoms with E-state index in [1.165, 1.54) is 21.7 Å². The number of benzene rings is 1. The molecule has 0 fully saturated rings. The highest BCUT2D eigenvalue weighted by Gasteiger charge is 2.23. The number of hydrogen-bond acceptors (Lipinski definition) is 3. The van der Waals surface area contributed by atoms with Crippen LogP contribution in [0.15, 0.2) is 29.6 Å². The second-order valence-corrected chi connectivity index (χ2v) is 6.40. The first-order chi connectivity index (χ1) is 9.81. The third-order valence-corrected chi connectivity index (χ3v) is 5.18. The lowest BCUT2D eigenvalue weighted by atomic mass is 10.1. The summed E-state index contributed by atoms with van der Waals surface area (Å²) in [6, 6.07) is 8.19. The van der Waals surface area contributed by atoms with Crippen LogP contribution in [0.4, 0.5) is 5.69 Å². The van der Waals surface area contributed by atoms with Crippen molar-refractivity contribution in [3.8, 4) is 0 Å².